The number of ether oxygens (including phenoxy) is 1. The molecule has 0 saturated carbocycles. The number of nitrogens with zero attached hydrogens (tertiary/aromatic N) is 1. The number of piperidine rings is 1. The topological polar surface area (TPSA) is 12.5 Å². The van der Waals surface area contributed by atoms with E-state index in [0.29, 0.717) is 24.6 Å². The number of fused-ring (bicyclic) bond motifs is 2. The standard InChI is InChI=1S/C21H23NO/c1-22-18-12-13-19(22)21(17-10-6-3-7-11-17)20(14-18)23-15-16-8-4-2-5-9-16/h2-13,18-21H,14-15H2,1H3/t18-,19+,20+,21-/m0/s1. The van der Waals surface area contributed by atoms with Crippen molar-refractivity contribution in [3.05, 3.63) is 83.9 Å². The van der Waals surface area contributed by atoms with Crippen LogP contribution in [0.15, 0.2) is 72.8 Å². The number of benzene rings is 2. The number of hydrogen-bond acceptors (Lipinski definition) is 2. The minimum atomic E-state index is 0.263. The fourth-order valence-corrected chi connectivity index (χ4v) is 3.99. The van der Waals surface area contributed by atoms with Crippen molar-refractivity contribution in [2.75, 3.05) is 7.05 Å². The van der Waals surface area contributed by atoms with Crippen molar-refractivity contribution in [2.24, 2.45) is 0 Å². The van der Waals surface area contributed by atoms with E-state index in [-0.39, 0.29) is 6.10 Å². The lowest BCUT2D eigenvalue weighted by molar-refractivity contribution is -0.0335. The summed E-state index contributed by atoms with van der Waals surface area (Å²) < 4.78 is 6.40. The second-order valence-corrected chi connectivity index (χ2v) is 6.62. The molecule has 2 heterocycles. The molecule has 2 nitrogen and oxygen atoms in total. The summed E-state index contributed by atoms with van der Waals surface area (Å²) in [5, 5.41) is 0. The van der Waals surface area contributed by atoms with E-state index in [1.807, 2.05) is 0 Å². The maximum atomic E-state index is 6.40. The molecular weight excluding hydrogens is 282 g/mol. The molecule has 23 heavy (non-hydrogen) atoms. The van der Waals surface area contributed by atoms with Crippen molar-refractivity contribution in [3.8, 4) is 0 Å². The highest BCUT2D eigenvalue weighted by Crippen LogP contribution is 2.41. The van der Waals surface area contributed by atoms with Crippen LogP contribution in [-0.4, -0.2) is 30.1 Å². The van der Waals surface area contributed by atoms with Crippen LogP contribution in [0.3, 0.4) is 0 Å². The first-order valence-electron chi connectivity index (χ1n) is 8.43. The van der Waals surface area contributed by atoms with Gasteiger partial charge in [-0.15, -0.1) is 0 Å². The van der Waals surface area contributed by atoms with Crippen molar-refractivity contribution in [2.45, 2.75) is 37.1 Å². The van der Waals surface area contributed by atoms with Gasteiger partial charge in [0.05, 0.1) is 12.7 Å². The molecule has 0 amide bonds. The van der Waals surface area contributed by atoms with Crippen molar-refractivity contribution in [1.82, 2.24) is 4.90 Å². The van der Waals surface area contributed by atoms with Crippen LogP contribution in [0, 0.1) is 0 Å². The lowest BCUT2D eigenvalue weighted by atomic mass is 9.82. The first kappa shape index (κ1) is 14.7. The van der Waals surface area contributed by atoms with Crippen LogP contribution in [0.4, 0.5) is 0 Å². The highest BCUT2D eigenvalue weighted by Gasteiger charge is 2.43. The Labute approximate surface area is 138 Å². The van der Waals surface area contributed by atoms with Crippen LogP contribution in [0.1, 0.15) is 23.5 Å². The average molecular weight is 305 g/mol. The van der Waals surface area contributed by atoms with Crippen molar-refractivity contribution in [3.63, 3.8) is 0 Å². The van der Waals surface area contributed by atoms with Crippen LogP contribution in [0.5, 0.6) is 0 Å². The van der Waals surface area contributed by atoms with Gasteiger partial charge < -0.3 is 4.74 Å². The third-order valence-electron chi connectivity index (χ3n) is 5.26. The largest absolute Gasteiger partial charge is 0.373 e. The summed E-state index contributed by atoms with van der Waals surface area (Å²) in [4.78, 5) is 2.49. The van der Waals surface area contributed by atoms with Crippen LogP contribution in [0.25, 0.3) is 0 Å². The smallest absolute Gasteiger partial charge is 0.0720 e. The summed E-state index contributed by atoms with van der Waals surface area (Å²) in [5.74, 6) is 0.403. The molecule has 0 radical (unpaired) electrons. The fraction of sp³-hybridized carbons (Fsp3) is 0.333. The average Bonchev–Trinajstić information content (AvgIpc) is 2.84. The summed E-state index contributed by atoms with van der Waals surface area (Å²) in [7, 11) is 2.23. The molecule has 1 fully saturated rings. The van der Waals surface area contributed by atoms with Crippen LogP contribution in [-0.2, 0) is 11.3 Å². The molecule has 0 aromatic heterocycles. The third-order valence-corrected chi connectivity index (χ3v) is 5.26. The highest BCUT2D eigenvalue weighted by atomic mass is 16.5. The molecular formula is C21H23NO. The molecule has 2 aromatic carbocycles. The van der Waals surface area contributed by atoms with Crippen molar-refractivity contribution < 1.29 is 4.74 Å². The predicted molar refractivity (Wildman–Crippen MR) is 93.3 cm³/mol. The minimum absolute atomic E-state index is 0.263. The van der Waals surface area contributed by atoms with Gasteiger partial charge in [-0.3, -0.25) is 4.90 Å². The Morgan fingerprint density at radius 1 is 0.957 bits per heavy atom. The normalized spacial score (nSPS) is 29.8. The zero-order valence-corrected chi connectivity index (χ0v) is 13.5. The zero-order chi connectivity index (χ0) is 15.6. The van der Waals surface area contributed by atoms with E-state index < -0.39 is 0 Å². The first-order chi connectivity index (χ1) is 11.3. The monoisotopic (exact) mass is 305 g/mol. The Kier molecular flexibility index (Phi) is 4.02. The molecule has 4 rings (SSSR count). The second kappa shape index (κ2) is 6.31. The lowest BCUT2D eigenvalue weighted by Crippen LogP contribution is -2.49. The molecule has 0 unspecified atom stereocenters. The Hall–Kier alpha value is -1.90. The van der Waals surface area contributed by atoms with Gasteiger partial charge >= 0.3 is 0 Å². The molecule has 1 saturated heterocycles. The van der Waals surface area contributed by atoms with E-state index in [9.17, 15) is 0 Å². The Balaban J connectivity index is 1.57. The molecule has 118 valence electrons. The molecule has 2 bridgehead atoms. The van der Waals surface area contributed by atoms with E-state index in [1.54, 1.807) is 0 Å². The summed E-state index contributed by atoms with van der Waals surface area (Å²) in [6.45, 7) is 0.692. The Bertz CT molecular complexity index is 667. The zero-order valence-electron chi connectivity index (χ0n) is 13.5. The summed E-state index contributed by atoms with van der Waals surface area (Å²) >= 11 is 0. The van der Waals surface area contributed by atoms with Crippen LogP contribution >= 0.6 is 0 Å². The highest BCUT2D eigenvalue weighted by molar-refractivity contribution is 5.30. The van der Waals surface area contributed by atoms with Crippen molar-refractivity contribution in [1.29, 1.82) is 0 Å². The predicted octanol–water partition coefficient (Wildman–Crippen LogP) is 4.00. The Morgan fingerprint density at radius 3 is 2.39 bits per heavy atom. The maximum absolute atomic E-state index is 6.40. The minimum Gasteiger partial charge on any atom is -0.373 e. The second-order valence-electron chi connectivity index (χ2n) is 6.62. The van der Waals surface area contributed by atoms with Gasteiger partial charge in [-0.05, 0) is 24.6 Å². The first-order valence-corrected chi connectivity index (χ1v) is 8.43. The molecule has 0 spiro atoms. The van der Waals surface area contributed by atoms with E-state index in [0.717, 1.165) is 6.42 Å². The lowest BCUT2D eigenvalue weighted by Gasteiger charge is -2.43. The number of hydrogen-bond donors (Lipinski definition) is 0. The van der Waals surface area contributed by atoms with Gasteiger partial charge in [-0.2, -0.15) is 0 Å². The van der Waals surface area contributed by atoms with Crippen LogP contribution in [0.2, 0.25) is 0 Å². The molecule has 2 aromatic rings. The SMILES string of the molecule is CN1[C@@H]2C=C[C@H]1C[C@@H](OCc1ccccc1)[C@H]2c1ccccc1. The molecule has 2 aliphatic rings. The molecule has 0 N–H and O–H groups in total. The van der Waals surface area contributed by atoms with Gasteiger partial charge in [0, 0.05) is 18.0 Å². The van der Waals surface area contributed by atoms with Gasteiger partial charge in [0.25, 0.3) is 0 Å². The van der Waals surface area contributed by atoms with Gasteiger partial charge in [-0.25, -0.2) is 0 Å². The van der Waals surface area contributed by atoms with E-state index in [1.165, 1.54) is 11.1 Å². The number of rotatable bonds is 4. The van der Waals surface area contributed by atoms with Gasteiger partial charge in [0.1, 0.15) is 0 Å². The summed E-state index contributed by atoms with van der Waals surface area (Å²) in [5.41, 5.74) is 2.63. The van der Waals surface area contributed by atoms with E-state index in [2.05, 4.69) is 84.8 Å². The maximum Gasteiger partial charge on any atom is 0.0720 e. The van der Waals surface area contributed by atoms with E-state index in [4.69, 9.17) is 4.74 Å². The molecule has 2 heteroatoms. The quantitative estimate of drug-likeness (QED) is 0.792. The fourth-order valence-electron chi connectivity index (χ4n) is 3.99. The molecule has 0 aliphatic carbocycles. The van der Waals surface area contributed by atoms with Crippen molar-refractivity contribution >= 4 is 0 Å². The molecule has 4 atom stereocenters. The molecule has 2 aliphatic heterocycles. The van der Waals surface area contributed by atoms with Crippen LogP contribution < -0.4 is 0 Å². The van der Waals surface area contributed by atoms with E-state index >= 15 is 0 Å². The van der Waals surface area contributed by atoms with Gasteiger partial charge in [0.2, 0.25) is 0 Å². The summed E-state index contributed by atoms with van der Waals surface area (Å²) in [6.07, 6.45) is 6.05. The van der Waals surface area contributed by atoms with Gasteiger partial charge in [-0.1, -0.05) is 72.8 Å². The Morgan fingerprint density at radius 2 is 1.65 bits per heavy atom. The summed E-state index contributed by atoms with van der Waals surface area (Å²) in [6, 6.07) is 22.3. The van der Waals surface area contributed by atoms with Gasteiger partial charge in [0.15, 0.2) is 0 Å². The number of likely N-dealkylation sites (N-methyl/N-ethyl adjacent to an activating group) is 1. The third kappa shape index (κ3) is 2.85.